The van der Waals surface area contributed by atoms with Gasteiger partial charge in [0.05, 0.1) is 10.2 Å². The summed E-state index contributed by atoms with van der Waals surface area (Å²) in [5.41, 5.74) is 4.96. The summed E-state index contributed by atoms with van der Waals surface area (Å²) in [6.45, 7) is 0. The first-order chi connectivity index (χ1) is 23.7. The second-order valence-corrected chi connectivity index (χ2v) is 14.0. The van der Waals surface area contributed by atoms with Crippen molar-refractivity contribution < 1.29 is 0 Å². The molecule has 6 heteroatoms. The Balaban J connectivity index is 1.20. The molecular weight excluding hydrogens is 625 g/mol. The maximum absolute atomic E-state index is 5.35. The van der Waals surface area contributed by atoms with E-state index in [1.807, 2.05) is 41.7 Å². The first-order valence-corrected chi connectivity index (χ1v) is 17.4. The van der Waals surface area contributed by atoms with E-state index >= 15 is 0 Å². The fourth-order valence-electron chi connectivity index (χ4n) is 6.61. The van der Waals surface area contributed by atoms with Crippen LogP contribution in [0.1, 0.15) is 0 Å². The Morgan fingerprint density at radius 1 is 0.375 bits per heavy atom. The second-order valence-electron chi connectivity index (χ2n) is 11.9. The zero-order chi connectivity index (χ0) is 31.6. The van der Waals surface area contributed by atoms with Gasteiger partial charge in [0.2, 0.25) is 0 Å². The molecule has 0 atom stereocenters. The second kappa shape index (κ2) is 10.9. The van der Waals surface area contributed by atoms with Gasteiger partial charge in [-0.15, -0.1) is 22.7 Å². The minimum Gasteiger partial charge on any atom is -0.235 e. The molecule has 0 saturated heterocycles. The third kappa shape index (κ3) is 4.49. The summed E-state index contributed by atoms with van der Waals surface area (Å²) in [5.74, 6) is 1.92. The number of benzene rings is 7. The van der Waals surface area contributed by atoms with Crippen molar-refractivity contribution in [3.8, 4) is 44.7 Å². The molecule has 3 aromatic heterocycles. The van der Waals surface area contributed by atoms with Gasteiger partial charge in [-0.25, -0.2) is 19.9 Å². The first-order valence-electron chi connectivity index (χ1n) is 15.8. The van der Waals surface area contributed by atoms with Gasteiger partial charge in [0, 0.05) is 42.4 Å². The van der Waals surface area contributed by atoms with Crippen LogP contribution in [0.15, 0.2) is 146 Å². The quantitative estimate of drug-likeness (QED) is 0.191. The molecule has 4 nitrogen and oxygen atoms in total. The molecule has 0 N–H and O–H groups in total. The zero-order valence-corrected chi connectivity index (χ0v) is 27.1. The van der Waals surface area contributed by atoms with Gasteiger partial charge in [-0.05, 0) is 57.9 Å². The van der Waals surface area contributed by atoms with E-state index < -0.39 is 0 Å². The molecule has 0 fully saturated rings. The Labute approximate surface area is 283 Å². The number of fused-ring (bicyclic) bond motifs is 7. The van der Waals surface area contributed by atoms with E-state index in [-0.39, 0.29) is 0 Å². The fourth-order valence-corrected chi connectivity index (χ4v) is 8.73. The summed E-state index contributed by atoms with van der Waals surface area (Å²) >= 11 is 3.56. The molecule has 7 aromatic carbocycles. The summed E-state index contributed by atoms with van der Waals surface area (Å²) in [4.78, 5) is 20.5. The lowest BCUT2D eigenvalue weighted by Gasteiger charge is -2.11. The molecule has 0 amide bonds. The van der Waals surface area contributed by atoms with Gasteiger partial charge in [0.15, 0.2) is 17.5 Å². The molecular formula is C42H24N4S2. The molecule has 0 unspecified atom stereocenters. The highest BCUT2D eigenvalue weighted by Gasteiger charge is 2.18. The van der Waals surface area contributed by atoms with Crippen LogP contribution in [0.5, 0.6) is 0 Å². The van der Waals surface area contributed by atoms with Crippen LogP contribution in [0.25, 0.3) is 96.7 Å². The average molecular weight is 649 g/mol. The van der Waals surface area contributed by atoms with Crippen molar-refractivity contribution in [3.05, 3.63) is 146 Å². The van der Waals surface area contributed by atoms with E-state index in [9.17, 15) is 0 Å². The minimum absolute atomic E-state index is 0.631. The van der Waals surface area contributed by atoms with Crippen molar-refractivity contribution in [2.24, 2.45) is 0 Å². The molecule has 0 aliphatic carbocycles. The van der Waals surface area contributed by atoms with Crippen LogP contribution in [0.4, 0.5) is 0 Å². The number of nitrogens with zero attached hydrogens (tertiary/aromatic N) is 4. The largest absolute Gasteiger partial charge is 0.235 e. The normalized spacial score (nSPS) is 11.8. The topological polar surface area (TPSA) is 51.6 Å². The van der Waals surface area contributed by atoms with Crippen molar-refractivity contribution in [3.63, 3.8) is 0 Å². The number of thiophene rings is 1. The minimum atomic E-state index is 0.631. The van der Waals surface area contributed by atoms with E-state index in [0.29, 0.717) is 17.5 Å². The highest BCUT2D eigenvalue weighted by atomic mass is 32.1. The van der Waals surface area contributed by atoms with Gasteiger partial charge in [-0.3, -0.25) is 0 Å². The van der Waals surface area contributed by atoms with Crippen LogP contribution in [-0.4, -0.2) is 19.9 Å². The maximum atomic E-state index is 5.35. The van der Waals surface area contributed by atoms with Crippen LogP contribution in [0.3, 0.4) is 0 Å². The molecule has 0 saturated carbocycles. The predicted octanol–water partition coefficient (Wildman–Crippen LogP) is 11.8. The Hall–Kier alpha value is -5.82. The summed E-state index contributed by atoms with van der Waals surface area (Å²) in [6, 6.07) is 50.9. The van der Waals surface area contributed by atoms with Gasteiger partial charge in [-0.2, -0.15) is 0 Å². The lowest BCUT2D eigenvalue weighted by Crippen LogP contribution is -2.00. The SMILES string of the molecule is c1ccc(-c2nc(-c3ccc4ccccc4c3)nc(-c3cc(-c4nc5c(ccc6sc7ccccc7c65)s4)c4ccccc4c3)n2)cc1. The third-order valence-electron chi connectivity index (χ3n) is 8.92. The standard InChI is InChI=1S/C42H24N4S2/c1-2-11-26(12-3-1)39-44-40(29-19-18-25-10-4-5-13-27(25)22-29)46-41(45-39)30-23-28-14-6-7-15-31(28)33(24-30)42-43-38-36(48-42)21-20-35-37(38)32-16-8-9-17-34(32)47-35/h1-24H. The third-order valence-corrected chi connectivity index (χ3v) is 11.1. The maximum Gasteiger partial charge on any atom is 0.164 e. The Morgan fingerprint density at radius 3 is 1.88 bits per heavy atom. The predicted molar refractivity (Wildman–Crippen MR) is 203 cm³/mol. The van der Waals surface area contributed by atoms with Crippen molar-refractivity contribution >= 4 is 74.6 Å². The number of hydrogen-bond acceptors (Lipinski definition) is 6. The van der Waals surface area contributed by atoms with Crippen LogP contribution in [-0.2, 0) is 0 Å². The molecule has 10 aromatic rings. The Kier molecular flexibility index (Phi) is 6.19. The van der Waals surface area contributed by atoms with E-state index in [2.05, 4.69) is 115 Å². The molecule has 0 bridgehead atoms. The summed E-state index contributed by atoms with van der Waals surface area (Å²) in [5, 5.41) is 8.08. The van der Waals surface area contributed by atoms with Crippen LogP contribution < -0.4 is 0 Å². The molecule has 224 valence electrons. The van der Waals surface area contributed by atoms with Gasteiger partial charge in [-0.1, -0.05) is 109 Å². The number of hydrogen-bond donors (Lipinski definition) is 0. The van der Waals surface area contributed by atoms with E-state index in [0.717, 1.165) is 48.9 Å². The first kappa shape index (κ1) is 27.3. The molecule has 0 aliphatic heterocycles. The molecule has 10 rings (SSSR count). The summed E-state index contributed by atoms with van der Waals surface area (Å²) < 4.78 is 3.73. The fraction of sp³-hybridized carbons (Fsp3) is 0. The highest BCUT2D eigenvalue weighted by molar-refractivity contribution is 7.26. The Bertz CT molecular complexity index is 2850. The van der Waals surface area contributed by atoms with Gasteiger partial charge in [0.25, 0.3) is 0 Å². The lowest BCUT2D eigenvalue weighted by molar-refractivity contribution is 1.08. The van der Waals surface area contributed by atoms with Crippen LogP contribution in [0, 0.1) is 0 Å². The molecule has 0 aliphatic rings. The molecule has 48 heavy (non-hydrogen) atoms. The van der Waals surface area contributed by atoms with Gasteiger partial charge >= 0.3 is 0 Å². The average Bonchev–Trinajstić information content (AvgIpc) is 3.76. The number of thiazole rings is 1. The smallest absolute Gasteiger partial charge is 0.164 e. The number of aromatic nitrogens is 4. The zero-order valence-electron chi connectivity index (χ0n) is 25.5. The Morgan fingerprint density at radius 2 is 1.02 bits per heavy atom. The van der Waals surface area contributed by atoms with Gasteiger partial charge in [0.1, 0.15) is 5.01 Å². The molecule has 0 spiro atoms. The van der Waals surface area contributed by atoms with Gasteiger partial charge < -0.3 is 0 Å². The lowest BCUT2D eigenvalue weighted by atomic mass is 10.0. The van der Waals surface area contributed by atoms with E-state index in [1.54, 1.807) is 11.3 Å². The van der Waals surface area contributed by atoms with Crippen LogP contribution >= 0.6 is 22.7 Å². The van der Waals surface area contributed by atoms with E-state index in [1.165, 1.54) is 30.3 Å². The monoisotopic (exact) mass is 648 g/mol. The highest BCUT2D eigenvalue weighted by Crippen LogP contribution is 2.43. The summed E-state index contributed by atoms with van der Waals surface area (Å²) in [6.07, 6.45) is 0. The molecule has 3 heterocycles. The van der Waals surface area contributed by atoms with Crippen molar-refractivity contribution in [1.82, 2.24) is 19.9 Å². The van der Waals surface area contributed by atoms with Crippen molar-refractivity contribution in [2.45, 2.75) is 0 Å². The molecule has 0 radical (unpaired) electrons. The summed E-state index contributed by atoms with van der Waals surface area (Å²) in [7, 11) is 0. The van der Waals surface area contributed by atoms with Crippen molar-refractivity contribution in [2.75, 3.05) is 0 Å². The van der Waals surface area contributed by atoms with E-state index in [4.69, 9.17) is 19.9 Å². The number of rotatable bonds is 4. The van der Waals surface area contributed by atoms with Crippen LogP contribution in [0.2, 0.25) is 0 Å². The van der Waals surface area contributed by atoms with Crippen molar-refractivity contribution in [1.29, 1.82) is 0 Å².